The minimum Gasteiger partial charge on any atom is -0.455 e. The summed E-state index contributed by atoms with van der Waals surface area (Å²) in [5.41, 5.74) is 9.03. The van der Waals surface area contributed by atoms with E-state index in [0.717, 1.165) is 120 Å². The Labute approximate surface area is 371 Å². The van der Waals surface area contributed by atoms with Gasteiger partial charge in [-0.25, -0.2) is 9.97 Å². The molecule has 0 radical (unpaired) electrons. The number of hydrogen-bond donors (Lipinski definition) is 0. The van der Waals surface area contributed by atoms with Crippen LogP contribution in [0.3, 0.4) is 0 Å². The van der Waals surface area contributed by atoms with Crippen LogP contribution in [-0.4, -0.2) is 37.1 Å². The molecule has 14 rings (SSSR count). The van der Waals surface area contributed by atoms with Crippen molar-refractivity contribution in [1.82, 2.24) is 29.1 Å². The van der Waals surface area contributed by atoms with E-state index < -0.39 is 8.07 Å². The van der Waals surface area contributed by atoms with E-state index in [1.165, 1.54) is 0 Å². The summed E-state index contributed by atoms with van der Waals surface area (Å²) in [7, 11) is -3.47. The molecular formula is C56H34N6O2Si. The summed E-state index contributed by atoms with van der Waals surface area (Å²) >= 11 is 0. The fraction of sp³-hybridized carbons (Fsp3) is 0. The first kappa shape index (κ1) is 35.9. The van der Waals surface area contributed by atoms with Crippen molar-refractivity contribution in [2.45, 2.75) is 0 Å². The maximum atomic E-state index is 7.08. The van der Waals surface area contributed by atoms with Crippen LogP contribution in [0.2, 0.25) is 0 Å². The number of para-hydroxylation sites is 2. The van der Waals surface area contributed by atoms with E-state index in [0.29, 0.717) is 0 Å². The average Bonchev–Trinajstić information content (AvgIpc) is 4.13. The van der Waals surface area contributed by atoms with E-state index in [-0.39, 0.29) is 0 Å². The van der Waals surface area contributed by atoms with Gasteiger partial charge in [0.2, 0.25) is 8.07 Å². The fourth-order valence-corrected chi connectivity index (χ4v) is 15.1. The molecule has 0 aliphatic carbocycles. The quantitative estimate of drug-likeness (QED) is 0.155. The summed E-state index contributed by atoms with van der Waals surface area (Å²) in [5.74, 6) is 0. The first-order valence-corrected chi connectivity index (χ1v) is 23.7. The molecule has 0 unspecified atom stereocenters. The van der Waals surface area contributed by atoms with Crippen LogP contribution in [0.15, 0.2) is 216 Å². The van der Waals surface area contributed by atoms with Crippen molar-refractivity contribution in [1.29, 1.82) is 0 Å². The second-order valence-electron chi connectivity index (χ2n) is 16.6. The average molecular weight is 851 g/mol. The molecule has 65 heavy (non-hydrogen) atoms. The Bertz CT molecular complexity index is 3830. The minimum atomic E-state index is -3.47. The van der Waals surface area contributed by atoms with E-state index in [2.05, 4.69) is 179 Å². The molecule has 0 aliphatic rings. The molecule has 0 saturated carbocycles. The van der Waals surface area contributed by atoms with Gasteiger partial charge in [-0.3, -0.25) is 19.1 Å². The topological polar surface area (TPSA) is 87.7 Å². The van der Waals surface area contributed by atoms with Gasteiger partial charge in [-0.1, -0.05) is 97.1 Å². The number of furan rings is 2. The molecule has 8 nitrogen and oxygen atoms in total. The highest BCUT2D eigenvalue weighted by Crippen LogP contribution is 2.37. The van der Waals surface area contributed by atoms with E-state index in [9.17, 15) is 0 Å². The first-order chi connectivity index (χ1) is 32.3. The van der Waals surface area contributed by atoms with Gasteiger partial charge in [0, 0.05) is 79.3 Å². The molecule has 304 valence electrons. The Morgan fingerprint density at radius 1 is 0.338 bits per heavy atom. The van der Waals surface area contributed by atoms with E-state index >= 15 is 0 Å². The zero-order valence-corrected chi connectivity index (χ0v) is 35.6. The molecule has 0 fully saturated rings. The van der Waals surface area contributed by atoms with Gasteiger partial charge in [0.05, 0.1) is 21.7 Å². The third-order valence-corrected chi connectivity index (χ3v) is 17.8. The zero-order chi connectivity index (χ0) is 42.6. The van der Waals surface area contributed by atoms with Crippen LogP contribution in [0.25, 0.3) is 99.1 Å². The highest BCUT2D eigenvalue weighted by Gasteiger charge is 2.49. The van der Waals surface area contributed by atoms with Gasteiger partial charge in [0.1, 0.15) is 22.5 Å². The Kier molecular flexibility index (Phi) is 7.54. The number of fused-ring (bicyclic) bond motifs is 12. The SMILES string of the molecule is c1ccc([Si](c2ccccc2)(c2nccc3c2oc2ccc(-n4c5ccccc5c5cccnc54)cc23)c2nccc3c2oc2ccc(-n4c5ccccc5c5cccnc54)cc23)cc1. The molecule has 0 aliphatic heterocycles. The van der Waals surface area contributed by atoms with Gasteiger partial charge < -0.3 is 8.83 Å². The van der Waals surface area contributed by atoms with Crippen LogP contribution < -0.4 is 21.0 Å². The van der Waals surface area contributed by atoms with Crippen LogP contribution in [0.5, 0.6) is 0 Å². The predicted molar refractivity (Wildman–Crippen MR) is 264 cm³/mol. The number of pyridine rings is 4. The summed E-state index contributed by atoms with van der Waals surface area (Å²) in [5, 5.41) is 12.4. The van der Waals surface area contributed by atoms with Crippen molar-refractivity contribution < 1.29 is 8.83 Å². The molecule has 0 amide bonds. The number of nitrogens with zero attached hydrogens (tertiary/aromatic N) is 6. The van der Waals surface area contributed by atoms with Crippen LogP contribution in [0, 0.1) is 0 Å². The number of benzene rings is 6. The maximum Gasteiger partial charge on any atom is 0.233 e. The summed E-state index contributed by atoms with van der Waals surface area (Å²) in [6.07, 6.45) is 7.58. The molecule has 0 spiro atoms. The Morgan fingerprint density at radius 2 is 0.769 bits per heavy atom. The van der Waals surface area contributed by atoms with E-state index in [1.54, 1.807) is 0 Å². The molecular weight excluding hydrogens is 817 g/mol. The van der Waals surface area contributed by atoms with Gasteiger partial charge in [0.15, 0.2) is 11.2 Å². The lowest BCUT2D eigenvalue weighted by molar-refractivity contribution is 0.669. The second kappa shape index (κ2) is 13.7. The lowest BCUT2D eigenvalue weighted by atomic mass is 10.1. The normalized spacial score (nSPS) is 12.3. The van der Waals surface area contributed by atoms with Crippen molar-refractivity contribution in [2.75, 3.05) is 0 Å². The van der Waals surface area contributed by atoms with E-state index in [1.807, 2.05) is 36.9 Å². The molecule has 0 saturated heterocycles. The third-order valence-electron chi connectivity index (χ3n) is 13.2. The monoisotopic (exact) mass is 850 g/mol. The molecule has 9 heteroatoms. The molecule has 0 atom stereocenters. The number of rotatable bonds is 6. The van der Waals surface area contributed by atoms with Crippen molar-refractivity contribution in [2.24, 2.45) is 0 Å². The number of hydrogen-bond acceptors (Lipinski definition) is 6. The first-order valence-electron chi connectivity index (χ1n) is 21.7. The molecule has 8 aromatic heterocycles. The minimum absolute atomic E-state index is 0.732. The van der Waals surface area contributed by atoms with Gasteiger partial charge in [-0.05, 0) is 95.3 Å². The predicted octanol–water partition coefficient (Wildman–Crippen LogP) is 10.6. The fourth-order valence-electron chi connectivity index (χ4n) is 10.5. The van der Waals surface area contributed by atoms with Crippen molar-refractivity contribution in [3.63, 3.8) is 0 Å². The zero-order valence-electron chi connectivity index (χ0n) is 34.6. The molecule has 6 aromatic carbocycles. The van der Waals surface area contributed by atoms with E-state index in [4.69, 9.17) is 28.8 Å². The van der Waals surface area contributed by atoms with Gasteiger partial charge in [-0.15, -0.1) is 0 Å². The summed E-state index contributed by atoms with van der Waals surface area (Å²) in [4.78, 5) is 20.5. The standard InChI is InChI=1S/C56H34N6O2Si/c1-3-13-37(14-4-1)65(38-15-5-2-6-16-38,55-51-41(27-31-59-55)45-33-35(23-25-49(45)63-51)61-47-21-9-7-17-39(47)43-19-11-29-57-53(43)61)56-52-42(28-32-60-56)46-34-36(24-26-50(46)64-52)62-48-22-10-8-18-40(48)44-20-12-30-58-54(44)62/h1-34H. The maximum absolute atomic E-state index is 7.08. The Hall–Kier alpha value is -8.66. The second-order valence-corrected chi connectivity index (χ2v) is 20.2. The molecule has 0 bridgehead atoms. The number of aromatic nitrogens is 6. The Balaban J connectivity index is 1.04. The lowest BCUT2D eigenvalue weighted by Crippen LogP contribution is -2.76. The summed E-state index contributed by atoms with van der Waals surface area (Å²) < 4.78 is 18.6. The van der Waals surface area contributed by atoms with Crippen molar-refractivity contribution in [3.05, 3.63) is 207 Å². The smallest absolute Gasteiger partial charge is 0.233 e. The van der Waals surface area contributed by atoms with Crippen LogP contribution >= 0.6 is 0 Å². The van der Waals surface area contributed by atoms with Crippen LogP contribution in [0.1, 0.15) is 0 Å². The highest BCUT2D eigenvalue weighted by molar-refractivity contribution is 7.20. The summed E-state index contributed by atoms with van der Waals surface area (Å²) in [6, 6.07) is 63.7. The highest BCUT2D eigenvalue weighted by atomic mass is 28.3. The lowest BCUT2D eigenvalue weighted by Gasteiger charge is -2.31. The largest absolute Gasteiger partial charge is 0.455 e. The van der Waals surface area contributed by atoms with Crippen molar-refractivity contribution >= 4 is 117 Å². The Morgan fingerprint density at radius 3 is 1.25 bits per heavy atom. The molecule has 14 aromatic rings. The molecule has 0 N–H and O–H groups in total. The van der Waals surface area contributed by atoms with Crippen molar-refractivity contribution in [3.8, 4) is 11.4 Å². The van der Waals surface area contributed by atoms with Gasteiger partial charge >= 0.3 is 0 Å². The summed E-state index contributed by atoms with van der Waals surface area (Å²) in [6.45, 7) is 0. The van der Waals surface area contributed by atoms with Gasteiger partial charge in [0.25, 0.3) is 0 Å². The molecule has 8 heterocycles. The van der Waals surface area contributed by atoms with Crippen LogP contribution in [-0.2, 0) is 0 Å². The third kappa shape index (κ3) is 5.01. The van der Waals surface area contributed by atoms with Gasteiger partial charge in [-0.2, -0.15) is 0 Å². The van der Waals surface area contributed by atoms with Crippen LogP contribution in [0.4, 0.5) is 0 Å².